The van der Waals surface area contributed by atoms with Crippen LogP contribution in [0.2, 0.25) is 0 Å². The van der Waals surface area contributed by atoms with Gasteiger partial charge in [0.15, 0.2) is 0 Å². The van der Waals surface area contributed by atoms with Crippen LogP contribution in [-0.2, 0) is 4.79 Å². The molecule has 0 aliphatic carbocycles. The van der Waals surface area contributed by atoms with Crippen molar-refractivity contribution in [2.45, 2.75) is 78.7 Å². The second kappa shape index (κ2) is 11.3. The van der Waals surface area contributed by atoms with Gasteiger partial charge >= 0.3 is 0 Å². The molecular weight excluding hydrogens is 236 g/mol. The summed E-state index contributed by atoms with van der Waals surface area (Å²) < 4.78 is 0. The van der Waals surface area contributed by atoms with Crippen molar-refractivity contribution in [3.63, 3.8) is 0 Å². The lowest BCUT2D eigenvalue weighted by molar-refractivity contribution is -0.133. The minimum Gasteiger partial charge on any atom is -0.341 e. The van der Waals surface area contributed by atoms with Crippen molar-refractivity contribution >= 4 is 5.91 Å². The van der Waals surface area contributed by atoms with E-state index in [-0.39, 0.29) is 11.9 Å². The molecule has 1 amide bonds. The van der Waals surface area contributed by atoms with E-state index in [0.717, 1.165) is 32.4 Å². The van der Waals surface area contributed by atoms with Crippen LogP contribution in [0.25, 0.3) is 0 Å². The van der Waals surface area contributed by atoms with E-state index in [0.29, 0.717) is 5.92 Å². The van der Waals surface area contributed by atoms with Gasteiger partial charge in [-0.2, -0.15) is 0 Å². The second-order valence-corrected chi connectivity index (χ2v) is 5.98. The van der Waals surface area contributed by atoms with E-state index in [1.165, 1.54) is 25.7 Å². The Balaban J connectivity index is 4.29. The fourth-order valence-corrected chi connectivity index (χ4v) is 2.28. The Kier molecular flexibility index (Phi) is 10.9. The average Bonchev–Trinajstić information content (AvgIpc) is 2.35. The predicted octanol–water partition coefficient (Wildman–Crippen LogP) is 3.57. The molecule has 0 rings (SSSR count). The van der Waals surface area contributed by atoms with Gasteiger partial charge in [-0.05, 0) is 25.2 Å². The minimum absolute atomic E-state index is 0.154. The van der Waals surface area contributed by atoms with Gasteiger partial charge in [-0.3, -0.25) is 4.79 Å². The third-order valence-electron chi connectivity index (χ3n) is 3.42. The van der Waals surface area contributed by atoms with Gasteiger partial charge in [-0.15, -0.1) is 0 Å². The Labute approximate surface area is 119 Å². The fraction of sp³-hybridized carbons (Fsp3) is 0.938. The molecule has 0 aliphatic rings. The highest BCUT2D eigenvalue weighted by Crippen LogP contribution is 2.09. The molecule has 0 saturated heterocycles. The number of nitrogens with zero attached hydrogens (tertiary/aromatic N) is 1. The maximum Gasteiger partial charge on any atom is 0.239 e. The SMILES string of the molecule is CCCCCN(CCCCC)C(=O)[C@@H](N)CC(C)C. The zero-order chi connectivity index (χ0) is 14.7. The van der Waals surface area contributed by atoms with Gasteiger partial charge in [0, 0.05) is 13.1 Å². The van der Waals surface area contributed by atoms with Gasteiger partial charge in [0.25, 0.3) is 0 Å². The zero-order valence-corrected chi connectivity index (χ0v) is 13.5. The first kappa shape index (κ1) is 18.4. The maximum atomic E-state index is 12.4. The first-order chi connectivity index (χ1) is 9.02. The molecule has 114 valence electrons. The van der Waals surface area contributed by atoms with Crippen molar-refractivity contribution in [2.24, 2.45) is 11.7 Å². The molecule has 0 aliphatic heterocycles. The maximum absolute atomic E-state index is 12.4. The first-order valence-electron chi connectivity index (χ1n) is 8.07. The Morgan fingerprint density at radius 3 is 1.84 bits per heavy atom. The summed E-state index contributed by atoms with van der Waals surface area (Å²) in [7, 11) is 0. The number of amides is 1. The van der Waals surface area contributed by atoms with E-state index in [4.69, 9.17) is 5.73 Å². The quantitative estimate of drug-likeness (QED) is 0.583. The van der Waals surface area contributed by atoms with Crippen LogP contribution in [0.4, 0.5) is 0 Å². The molecule has 0 aromatic carbocycles. The Hall–Kier alpha value is -0.570. The van der Waals surface area contributed by atoms with Crippen LogP contribution in [0.15, 0.2) is 0 Å². The second-order valence-electron chi connectivity index (χ2n) is 5.98. The lowest BCUT2D eigenvalue weighted by atomic mass is 10.0. The minimum atomic E-state index is -0.316. The summed E-state index contributed by atoms with van der Waals surface area (Å²) in [5.74, 6) is 0.632. The summed E-state index contributed by atoms with van der Waals surface area (Å²) in [6.45, 7) is 10.4. The van der Waals surface area contributed by atoms with Crippen molar-refractivity contribution in [1.82, 2.24) is 4.90 Å². The van der Waals surface area contributed by atoms with Gasteiger partial charge in [-0.1, -0.05) is 53.4 Å². The zero-order valence-electron chi connectivity index (χ0n) is 13.5. The van der Waals surface area contributed by atoms with Crippen LogP contribution in [-0.4, -0.2) is 29.9 Å². The van der Waals surface area contributed by atoms with Crippen LogP contribution in [0.1, 0.15) is 72.6 Å². The smallest absolute Gasteiger partial charge is 0.239 e. The largest absolute Gasteiger partial charge is 0.341 e. The van der Waals surface area contributed by atoms with E-state index in [9.17, 15) is 4.79 Å². The standard InChI is InChI=1S/C16H34N2O/c1-5-7-9-11-18(12-10-8-6-2)16(19)15(17)13-14(3)4/h14-15H,5-13,17H2,1-4H3/t15-/m0/s1. The Morgan fingerprint density at radius 2 is 1.47 bits per heavy atom. The van der Waals surface area contributed by atoms with Gasteiger partial charge < -0.3 is 10.6 Å². The molecule has 3 nitrogen and oxygen atoms in total. The van der Waals surface area contributed by atoms with E-state index in [1.54, 1.807) is 0 Å². The number of hydrogen-bond donors (Lipinski definition) is 1. The lowest BCUT2D eigenvalue weighted by Crippen LogP contribution is -2.45. The van der Waals surface area contributed by atoms with Crippen molar-refractivity contribution < 1.29 is 4.79 Å². The summed E-state index contributed by atoms with van der Waals surface area (Å²) in [6, 6.07) is -0.316. The molecule has 0 fully saturated rings. The predicted molar refractivity (Wildman–Crippen MR) is 83.1 cm³/mol. The average molecular weight is 270 g/mol. The number of carbonyl (C=O) groups excluding carboxylic acids is 1. The molecule has 0 aromatic rings. The molecule has 0 aromatic heterocycles. The number of carbonyl (C=O) groups is 1. The van der Waals surface area contributed by atoms with Gasteiger partial charge in [0.1, 0.15) is 0 Å². The molecule has 0 spiro atoms. The highest BCUT2D eigenvalue weighted by molar-refractivity contribution is 5.81. The molecule has 0 saturated carbocycles. The lowest BCUT2D eigenvalue weighted by Gasteiger charge is -2.26. The van der Waals surface area contributed by atoms with Crippen molar-refractivity contribution in [1.29, 1.82) is 0 Å². The van der Waals surface area contributed by atoms with E-state index >= 15 is 0 Å². The van der Waals surface area contributed by atoms with Crippen molar-refractivity contribution in [3.8, 4) is 0 Å². The van der Waals surface area contributed by atoms with Crippen LogP contribution < -0.4 is 5.73 Å². The number of hydrogen-bond acceptors (Lipinski definition) is 2. The van der Waals surface area contributed by atoms with E-state index in [1.807, 2.05) is 4.90 Å². The molecule has 0 unspecified atom stereocenters. The Morgan fingerprint density at radius 1 is 1.00 bits per heavy atom. The van der Waals surface area contributed by atoms with E-state index in [2.05, 4.69) is 27.7 Å². The summed E-state index contributed by atoms with van der Waals surface area (Å²) in [5.41, 5.74) is 6.04. The van der Waals surface area contributed by atoms with Crippen LogP contribution in [0.5, 0.6) is 0 Å². The molecule has 3 heteroatoms. The molecule has 19 heavy (non-hydrogen) atoms. The molecular formula is C16H34N2O. The third kappa shape index (κ3) is 9.04. The monoisotopic (exact) mass is 270 g/mol. The fourth-order valence-electron chi connectivity index (χ4n) is 2.28. The molecule has 0 radical (unpaired) electrons. The summed E-state index contributed by atoms with van der Waals surface area (Å²) in [4.78, 5) is 14.4. The van der Waals surface area contributed by atoms with Crippen LogP contribution in [0, 0.1) is 5.92 Å². The number of rotatable bonds is 11. The highest BCUT2D eigenvalue weighted by atomic mass is 16.2. The van der Waals surface area contributed by atoms with E-state index < -0.39 is 0 Å². The molecule has 0 bridgehead atoms. The topological polar surface area (TPSA) is 46.3 Å². The Bertz CT molecular complexity index is 219. The highest BCUT2D eigenvalue weighted by Gasteiger charge is 2.21. The summed E-state index contributed by atoms with van der Waals surface area (Å²) in [6.07, 6.45) is 7.75. The molecule has 0 heterocycles. The normalized spacial score (nSPS) is 12.7. The number of unbranched alkanes of at least 4 members (excludes halogenated alkanes) is 4. The van der Waals surface area contributed by atoms with Gasteiger partial charge in [0.2, 0.25) is 5.91 Å². The van der Waals surface area contributed by atoms with Crippen LogP contribution in [0.3, 0.4) is 0 Å². The van der Waals surface area contributed by atoms with Crippen LogP contribution >= 0.6 is 0 Å². The van der Waals surface area contributed by atoms with Crippen molar-refractivity contribution in [3.05, 3.63) is 0 Å². The van der Waals surface area contributed by atoms with Crippen molar-refractivity contribution in [2.75, 3.05) is 13.1 Å². The first-order valence-corrected chi connectivity index (χ1v) is 8.07. The van der Waals surface area contributed by atoms with Gasteiger partial charge in [-0.25, -0.2) is 0 Å². The summed E-state index contributed by atoms with van der Waals surface area (Å²) in [5, 5.41) is 0. The third-order valence-corrected chi connectivity index (χ3v) is 3.42. The summed E-state index contributed by atoms with van der Waals surface area (Å²) >= 11 is 0. The number of nitrogens with two attached hydrogens (primary N) is 1. The molecule has 1 atom stereocenters. The molecule has 2 N–H and O–H groups in total. The van der Waals surface area contributed by atoms with Gasteiger partial charge in [0.05, 0.1) is 6.04 Å².